The van der Waals surface area contributed by atoms with Crippen LogP contribution in [0.15, 0.2) is 22.7 Å². The van der Waals surface area contributed by atoms with Crippen LogP contribution in [0.4, 0.5) is 5.88 Å². The molecule has 1 N–H and O–H groups in total. The van der Waals surface area contributed by atoms with Gasteiger partial charge in [-0.15, -0.1) is 0 Å². The van der Waals surface area contributed by atoms with Crippen molar-refractivity contribution in [3.63, 3.8) is 0 Å². The lowest BCUT2D eigenvalue weighted by Gasteiger charge is -2.12. The van der Waals surface area contributed by atoms with E-state index in [4.69, 9.17) is 4.42 Å². The number of nitrogens with one attached hydrogen (secondary N) is 1. The second-order valence-corrected chi connectivity index (χ2v) is 4.40. The summed E-state index contributed by atoms with van der Waals surface area (Å²) in [7, 11) is 1.81. The maximum Gasteiger partial charge on any atom is 0.433 e. The van der Waals surface area contributed by atoms with E-state index in [-0.39, 0.29) is 11.8 Å². The van der Waals surface area contributed by atoms with Crippen molar-refractivity contribution in [3.8, 4) is 0 Å². The molecule has 0 bridgehead atoms. The molecule has 0 radical (unpaired) electrons. The smallest absolute Gasteiger partial charge is 0.395 e. The number of carbonyl (C=O) groups is 1. The molecule has 0 aliphatic rings. The van der Waals surface area contributed by atoms with Crippen molar-refractivity contribution < 1.29 is 14.1 Å². The number of hydrogen-bond acceptors (Lipinski definition) is 5. The number of rotatable bonds is 4. The molecule has 0 fully saturated rings. The maximum atomic E-state index is 11.9. The zero-order valence-corrected chi connectivity index (χ0v) is 11.3. The van der Waals surface area contributed by atoms with Crippen LogP contribution in [0.2, 0.25) is 0 Å². The fourth-order valence-corrected chi connectivity index (χ4v) is 1.83. The second kappa shape index (κ2) is 5.16. The van der Waals surface area contributed by atoms with Crippen LogP contribution in [0.5, 0.6) is 0 Å². The summed E-state index contributed by atoms with van der Waals surface area (Å²) < 4.78 is 6.55. The average Bonchev–Trinajstić information content (AvgIpc) is 2.98. The Labute approximate surface area is 114 Å². The van der Waals surface area contributed by atoms with E-state index in [9.17, 15) is 14.9 Å². The van der Waals surface area contributed by atoms with Gasteiger partial charge in [0.15, 0.2) is 5.76 Å². The molecule has 2 heterocycles. The Hall–Kier alpha value is -2.64. The zero-order valence-electron chi connectivity index (χ0n) is 11.3. The van der Waals surface area contributed by atoms with E-state index in [1.54, 1.807) is 17.8 Å². The third kappa shape index (κ3) is 2.53. The first-order chi connectivity index (χ1) is 9.40. The highest BCUT2D eigenvalue weighted by atomic mass is 16.6. The molecule has 2 aromatic heterocycles. The van der Waals surface area contributed by atoms with E-state index in [2.05, 4.69) is 10.4 Å². The minimum absolute atomic E-state index is 0.0925. The van der Waals surface area contributed by atoms with Gasteiger partial charge in [0.1, 0.15) is 4.92 Å². The van der Waals surface area contributed by atoms with Gasteiger partial charge < -0.3 is 9.73 Å². The Morgan fingerprint density at radius 2 is 2.25 bits per heavy atom. The van der Waals surface area contributed by atoms with Gasteiger partial charge in [0.25, 0.3) is 5.91 Å². The van der Waals surface area contributed by atoms with E-state index in [0.717, 1.165) is 17.3 Å². The number of amides is 1. The average molecular weight is 278 g/mol. The quantitative estimate of drug-likeness (QED) is 0.677. The predicted molar refractivity (Wildman–Crippen MR) is 69.2 cm³/mol. The number of carbonyl (C=O) groups excluding carboxylic acids is 1. The molecule has 1 amide bonds. The van der Waals surface area contributed by atoms with E-state index in [1.807, 2.05) is 14.0 Å². The van der Waals surface area contributed by atoms with Crippen LogP contribution in [0.3, 0.4) is 0 Å². The standard InChI is InChI=1S/C12H14N4O4/c1-7(9-6-13-15(3)8(9)2)14-12(17)10-4-5-11(20-10)16(18)19/h4-7H,1-3H3,(H,14,17)/t7-/m0/s1. The Bertz CT molecular complexity index is 658. The third-order valence-corrected chi connectivity index (χ3v) is 3.08. The van der Waals surface area contributed by atoms with Gasteiger partial charge >= 0.3 is 5.88 Å². The summed E-state index contributed by atoms with van der Waals surface area (Å²) in [6, 6.07) is 2.14. The number of nitrogens with zero attached hydrogens (tertiary/aromatic N) is 3. The van der Waals surface area contributed by atoms with Crippen LogP contribution in [0.25, 0.3) is 0 Å². The molecule has 0 aromatic carbocycles. The molecule has 2 rings (SSSR count). The summed E-state index contributed by atoms with van der Waals surface area (Å²) in [4.78, 5) is 21.7. The van der Waals surface area contributed by atoms with Gasteiger partial charge in [-0.05, 0) is 19.9 Å². The van der Waals surface area contributed by atoms with Crippen molar-refractivity contribution in [1.29, 1.82) is 0 Å². The van der Waals surface area contributed by atoms with Gasteiger partial charge in [-0.1, -0.05) is 0 Å². The summed E-state index contributed by atoms with van der Waals surface area (Å²) >= 11 is 0. The Balaban J connectivity index is 2.10. The molecule has 0 aliphatic carbocycles. The normalized spacial score (nSPS) is 12.2. The van der Waals surface area contributed by atoms with Crippen molar-refractivity contribution >= 4 is 11.8 Å². The van der Waals surface area contributed by atoms with Crippen LogP contribution in [0.1, 0.15) is 34.8 Å². The van der Waals surface area contributed by atoms with Crippen LogP contribution in [0, 0.1) is 17.0 Å². The molecule has 8 heteroatoms. The second-order valence-electron chi connectivity index (χ2n) is 4.40. The van der Waals surface area contributed by atoms with Gasteiger partial charge in [-0.3, -0.25) is 19.6 Å². The Morgan fingerprint density at radius 1 is 1.55 bits per heavy atom. The van der Waals surface area contributed by atoms with Gasteiger partial charge in [0.05, 0.1) is 18.3 Å². The van der Waals surface area contributed by atoms with Crippen LogP contribution >= 0.6 is 0 Å². The number of furan rings is 1. The first-order valence-electron chi connectivity index (χ1n) is 5.93. The molecule has 2 aromatic rings. The highest BCUT2D eigenvalue weighted by molar-refractivity contribution is 5.91. The van der Waals surface area contributed by atoms with Gasteiger partial charge in [0.2, 0.25) is 0 Å². The Morgan fingerprint density at radius 3 is 2.75 bits per heavy atom. The largest absolute Gasteiger partial charge is 0.433 e. The molecule has 0 aliphatic heterocycles. The zero-order chi connectivity index (χ0) is 14.9. The lowest BCUT2D eigenvalue weighted by atomic mass is 10.1. The van der Waals surface area contributed by atoms with Crippen LogP contribution in [-0.2, 0) is 7.05 Å². The number of nitro groups is 1. The molecular formula is C12H14N4O4. The summed E-state index contributed by atoms with van der Waals surface area (Å²) in [6.45, 7) is 3.70. The van der Waals surface area contributed by atoms with Gasteiger partial charge in [0, 0.05) is 18.3 Å². The van der Waals surface area contributed by atoms with E-state index in [1.165, 1.54) is 6.07 Å². The highest BCUT2D eigenvalue weighted by Crippen LogP contribution is 2.19. The molecule has 0 unspecified atom stereocenters. The molecule has 8 nitrogen and oxygen atoms in total. The van der Waals surface area contributed by atoms with Crippen molar-refractivity contribution in [3.05, 3.63) is 45.5 Å². The monoisotopic (exact) mass is 278 g/mol. The fraction of sp³-hybridized carbons (Fsp3) is 0.333. The topological polar surface area (TPSA) is 103 Å². The molecule has 0 saturated carbocycles. The number of aromatic nitrogens is 2. The van der Waals surface area contributed by atoms with E-state index < -0.39 is 16.7 Å². The molecule has 20 heavy (non-hydrogen) atoms. The summed E-state index contributed by atoms with van der Waals surface area (Å²) in [5.41, 5.74) is 1.81. The molecular weight excluding hydrogens is 264 g/mol. The van der Waals surface area contributed by atoms with Gasteiger partial charge in [-0.2, -0.15) is 5.10 Å². The van der Waals surface area contributed by atoms with E-state index >= 15 is 0 Å². The summed E-state index contributed by atoms with van der Waals surface area (Å²) in [5, 5.41) is 17.3. The van der Waals surface area contributed by atoms with Crippen LogP contribution in [-0.4, -0.2) is 20.6 Å². The van der Waals surface area contributed by atoms with Gasteiger partial charge in [-0.25, -0.2) is 0 Å². The van der Waals surface area contributed by atoms with Crippen molar-refractivity contribution in [1.82, 2.24) is 15.1 Å². The maximum absolute atomic E-state index is 11.9. The van der Waals surface area contributed by atoms with Crippen LogP contribution < -0.4 is 5.32 Å². The molecule has 106 valence electrons. The minimum Gasteiger partial charge on any atom is -0.395 e. The molecule has 0 spiro atoms. The predicted octanol–water partition coefficient (Wildman–Crippen LogP) is 1.72. The van der Waals surface area contributed by atoms with Crippen molar-refractivity contribution in [2.45, 2.75) is 19.9 Å². The van der Waals surface area contributed by atoms with E-state index in [0.29, 0.717) is 0 Å². The first-order valence-corrected chi connectivity index (χ1v) is 5.93. The lowest BCUT2D eigenvalue weighted by molar-refractivity contribution is -0.402. The van der Waals surface area contributed by atoms with Crippen molar-refractivity contribution in [2.75, 3.05) is 0 Å². The SMILES string of the molecule is Cc1c([C@H](C)NC(=O)c2ccc([N+](=O)[O-])o2)cnn1C. The summed E-state index contributed by atoms with van der Waals surface area (Å²) in [6.07, 6.45) is 1.67. The minimum atomic E-state index is -0.689. The highest BCUT2D eigenvalue weighted by Gasteiger charge is 2.20. The first kappa shape index (κ1) is 13.8. The molecule has 0 saturated heterocycles. The lowest BCUT2D eigenvalue weighted by Crippen LogP contribution is -2.26. The Kier molecular flexibility index (Phi) is 3.55. The third-order valence-electron chi connectivity index (χ3n) is 3.08. The summed E-state index contributed by atoms with van der Waals surface area (Å²) in [5.74, 6) is -1.06. The fourth-order valence-electron chi connectivity index (χ4n) is 1.83. The molecule has 1 atom stereocenters. The van der Waals surface area contributed by atoms with Crippen molar-refractivity contribution in [2.24, 2.45) is 7.05 Å². The number of aryl methyl sites for hydroxylation is 1. The number of hydrogen-bond donors (Lipinski definition) is 1.